The number of benzene rings is 3. The number of aliphatic hydroxyl groups excluding tert-OH is 1. The highest BCUT2D eigenvalue weighted by Crippen LogP contribution is 2.66. The van der Waals surface area contributed by atoms with Gasteiger partial charge >= 0.3 is 34.4 Å². The minimum absolute atomic E-state index is 0.00727. The summed E-state index contributed by atoms with van der Waals surface area (Å²) < 4.78 is 55.2. The van der Waals surface area contributed by atoms with Gasteiger partial charge in [-0.15, -0.1) is 0 Å². The SMILES string of the molecule is Nc1ncnc2c1ncn2[C@@H]1O[C@H](COP(=O)(O)OP(=O)(O)OP(O)(O)=S)[C@@H](O)[C@H]1OC(=O)NCCNC(=O)c1ccc(C(=O)O)c(-c2c3ccc(=O)cc-3oc3cc(O)ccc23)c1. The highest BCUT2D eigenvalue weighted by Gasteiger charge is 2.49. The molecule has 7 rings (SSSR count). The molecular weight excluding hydrogens is 935 g/mol. The summed E-state index contributed by atoms with van der Waals surface area (Å²) in [5, 5.41) is 36.8. The molecule has 26 nitrogen and oxygen atoms in total. The van der Waals surface area contributed by atoms with E-state index in [4.69, 9.17) is 29.4 Å². The summed E-state index contributed by atoms with van der Waals surface area (Å²) >= 11 is 4.06. The van der Waals surface area contributed by atoms with Gasteiger partial charge in [-0.3, -0.25) is 18.7 Å². The number of phosphoric acid groups is 2. The second-order valence-corrected chi connectivity index (χ2v) is 19.3. The lowest BCUT2D eigenvalue weighted by Gasteiger charge is -2.22. The number of carbonyl (C=O) groups excluding carboxylic acids is 2. The monoisotopic (exact) mass is 967 g/mol. The molecule has 0 spiro atoms. The lowest BCUT2D eigenvalue weighted by atomic mass is 9.89. The minimum atomic E-state index is -5.68. The summed E-state index contributed by atoms with van der Waals surface area (Å²) in [6.07, 6.45) is -5.67. The van der Waals surface area contributed by atoms with Crippen molar-refractivity contribution in [1.29, 1.82) is 0 Å². The zero-order valence-corrected chi connectivity index (χ0v) is 35.4. The number of rotatable bonds is 15. The molecule has 338 valence electrons. The van der Waals surface area contributed by atoms with Crippen LogP contribution in [0.5, 0.6) is 5.75 Å². The number of ether oxygens (including phenoxy) is 2. The number of phenols is 1. The second kappa shape index (κ2) is 18.0. The Morgan fingerprint density at radius 2 is 1.67 bits per heavy atom. The van der Waals surface area contributed by atoms with E-state index in [1.165, 1.54) is 59.2 Å². The smallest absolute Gasteiger partial charge is 0.488 e. The normalized spacial score (nSPS) is 19.6. The molecule has 11 N–H and O–H groups in total. The van der Waals surface area contributed by atoms with Crippen molar-refractivity contribution in [1.82, 2.24) is 30.2 Å². The number of fused-ring (bicyclic) bond motifs is 3. The van der Waals surface area contributed by atoms with Gasteiger partial charge in [0.05, 0.1) is 18.5 Å². The Labute approximate surface area is 361 Å². The first kappa shape index (κ1) is 46.2. The predicted octanol–water partition coefficient (Wildman–Crippen LogP) is 1.93. The van der Waals surface area contributed by atoms with Gasteiger partial charge in [-0.05, 0) is 59.8 Å². The fourth-order valence-electron chi connectivity index (χ4n) is 6.57. The maximum absolute atomic E-state index is 13.4. The summed E-state index contributed by atoms with van der Waals surface area (Å²) in [6, 6.07) is 11.8. The van der Waals surface area contributed by atoms with Crippen LogP contribution in [-0.2, 0) is 43.6 Å². The van der Waals surface area contributed by atoms with Crippen LogP contribution in [0.1, 0.15) is 26.9 Å². The number of nitrogens with two attached hydrogens (primary N) is 1. The van der Waals surface area contributed by atoms with E-state index in [1.54, 1.807) is 0 Å². The van der Waals surface area contributed by atoms with E-state index in [1.807, 2.05) is 0 Å². The molecule has 3 aliphatic rings. The third-order valence-electron chi connectivity index (χ3n) is 9.17. The topological polar surface area (TPSA) is 397 Å². The van der Waals surface area contributed by atoms with Crippen molar-refractivity contribution in [2.45, 2.75) is 24.5 Å². The number of carbonyl (C=O) groups is 3. The zero-order valence-electron chi connectivity index (χ0n) is 31.9. The van der Waals surface area contributed by atoms with Crippen molar-refractivity contribution in [2.75, 3.05) is 25.4 Å². The van der Waals surface area contributed by atoms with E-state index in [-0.39, 0.29) is 63.9 Å². The Balaban J connectivity index is 1.05. The van der Waals surface area contributed by atoms with Gasteiger partial charge in [0.15, 0.2) is 29.2 Å². The highest BCUT2D eigenvalue weighted by atomic mass is 32.5. The largest absolute Gasteiger partial charge is 0.508 e. The Hall–Kier alpha value is -5.76. The summed E-state index contributed by atoms with van der Waals surface area (Å²) in [7, 11) is -11.3. The van der Waals surface area contributed by atoms with Crippen molar-refractivity contribution >= 4 is 80.1 Å². The number of hydrogen-bond acceptors (Lipinski definition) is 19. The predicted molar refractivity (Wildman–Crippen MR) is 220 cm³/mol. The molecule has 0 radical (unpaired) electrons. The molecule has 2 aliphatic heterocycles. The van der Waals surface area contributed by atoms with Crippen LogP contribution >= 0.6 is 22.4 Å². The van der Waals surface area contributed by atoms with E-state index in [9.17, 15) is 53.4 Å². The van der Waals surface area contributed by atoms with E-state index >= 15 is 0 Å². The average Bonchev–Trinajstić information content (AvgIpc) is 3.76. The Bertz CT molecular complexity index is 3000. The number of nitrogens with zero attached hydrogens (tertiary/aromatic N) is 4. The van der Waals surface area contributed by atoms with Crippen LogP contribution in [0.3, 0.4) is 0 Å². The first-order valence-electron chi connectivity index (χ1n) is 17.9. The lowest BCUT2D eigenvalue weighted by Crippen LogP contribution is -2.41. The van der Waals surface area contributed by atoms with Crippen LogP contribution in [0.25, 0.3) is 44.6 Å². The Kier molecular flexibility index (Phi) is 13.0. The van der Waals surface area contributed by atoms with Crippen LogP contribution < -0.4 is 21.8 Å². The van der Waals surface area contributed by atoms with Crippen LogP contribution in [0, 0.1) is 0 Å². The molecule has 0 saturated carbocycles. The number of alkyl carbamates (subject to hydrolysis) is 1. The van der Waals surface area contributed by atoms with Gasteiger partial charge in [-0.2, -0.15) is 4.31 Å². The molecule has 4 aromatic rings. The number of amides is 2. The summed E-state index contributed by atoms with van der Waals surface area (Å²) in [6.45, 7) is -6.47. The van der Waals surface area contributed by atoms with Gasteiger partial charge in [0.1, 0.15) is 41.1 Å². The van der Waals surface area contributed by atoms with Gasteiger partial charge in [0.25, 0.3) is 5.91 Å². The van der Waals surface area contributed by atoms with Crippen molar-refractivity contribution in [3.8, 4) is 28.2 Å². The van der Waals surface area contributed by atoms with E-state index in [0.717, 1.165) is 12.7 Å². The standard InChI is InChI=1S/C34H32N7O19P3S/c35-29-26-30(39-13-38-29)41(14-40-26)32-28(27(44)24(57-32)12-55-61(49,50)59-62(51,52)60-63(53,54)64)58-34(48)37-8-7-36-31(45)15-1-4-18(33(46)47)21(9-15)25-19-5-2-16(42)10-22(19)56-23-11-17(43)3-6-20(23)25/h1-6,9-11,13-14,24,27-28,32,42,44H,7-8,12H2,(H,36,45)(H,37,48)(H,46,47)(H,49,50)(H,51,52)(H2,35,38,39)(H2,53,54,64)/t24-,27-,28-,32-/m1/s1. The van der Waals surface area contributed by atoms with Gasteiger partial charge in [0, 0.05) is 47.3 Å². The third-order valence-corrected chi connectivity index (χ3v) is 13.6. The number of hydrogen-bond donors (Lipinski definition) is 10. The van der Waals surface area contributed by atoms with E-state index in [0.29, 0.717) is 16.5 Å². The fraction of sp³-hybridized carbons (Fsp3) is 0.206. The quantitative estimate of drug-likeness (QED) is 0.0399. The Morgan fingerprint density at radius 3 is 2.41 bits per heavy atom. The van der Waals surface area contributed by atoms with Crippen molar-refractivity contribution in [3.63, 3.8) is 0 Å². The number of carboxylic acids is 1. The molecule has 64 heavy (non-hydrogen) atoms. The van der Waals surface area contributed by atoms with Gasteiger partial charge < -0.3 is 65.2 Å². The molecule has 2 aromatic carbocycles. The highest BCUT2D eigenvalue weighted by molar-refractivity contribution is 8.08. The summed E-state index contributed by atoms with van der Waals surface area (Å²) in [5.74, 6) is -2.16. The van der Waals surface area contributed by atoms with Gasteiger partial charge in [-0.1, -0.05) is 0 Å². The number of carboxylic acid groups (broad SMARTS) is 1. The molecule has 1 aliphatic carbocycles. The van der Waals surface area contributed by atoms with Crippen LogP contribution in [-0.4, -0.2) is 110 Å². The number of aromatic nitrogens is 4. The fourth-order valence-corrected chi connectivity index (χ4v) is 10.4. The number of aromatic hydroxyl groups is 1. The number of phenolic OH excluding ortho intramolecular Hbond substituents is 1. The number of aliphatic hydroxyl groups is 1. The molecule has 6 atom stereocenters. The third kappa shape index (κ3) is 10.3. The van der Waals surface area contributed by atoms with Crippen LogP contribution in [0.15, 0.2) is 76.5 Å². The first-order valence-corrected chi connectivity index (χ1v) is 23.6. The number of aromatic carboxylic acids is 1. The maximum Gasteiger partial charge on any atom is 0.488 e. The zero-order chi connectivity index (χ0) is 46.3. The summed E-state index contributed by atoms with van der Waals surface area (Å²) in [4.78, 5) is 101. The van der Waals surface area contributed by atoms with Crippen molar-refractivity contribution < 1.29 is 85.4 Å². The molecule has 2 unspecified atom stereocenters. The average molecular weight is 968 g/mol. The minimum Gasteiger partial charge on any atom is -0.508 e. The Morgan fingerprint density at radius 1 is 0.922 bits per heavy atom. The molecule has 4 heterocycles. The molecule has 2 amide bonds. The molecular formula is C34H32N7O19P3S. The molecule has 0 bridgehead atoms. The van der Waals surface area contributed by atoms with E-state index < -0.39 is 76.9 Å². The number of imidazole rings is 1. The van der Waals surface area contributed by atoms with Gasteiger partial charge in [-0.25, -0.2) is 38.0 Å². The van der Waals surface area contributed by atoms with Gasteiger partial charge in [0.2, 0.25) is 0 Å². The molecule has 1 saturated heterocycles. The van der Waals surface area contributed by atoms with Crippen LogP contribution in [0.4, 0.5) is 10.6 Å². The van der Waals surface area contributed by atoms with E-state index in [2.05, 4.69) is 50.5 Å². The van der Waals surface area contributed by atoms with Crippen molar-refractivity contribution in [3.05, 3.63) is 88.6 Å². The van der Waals surface area contributed by atoms with Crippen LogP contribution in [0.2, 0.25) is 0 Å². The number of phosphoric ester groups is 1. The second-order valence-electron chi connectivity index (χ2n) is 13.5. The number of anilines is 1. The number of nitrogens with one attached hydrogen (secondary N) is 2. The number of nitrogen functional groups attached to an aromatic ring is 1. The molecule has 1 fully saturated rings. The maximum atomic E-state index is 13.4. The van der Waals surface area contributed by atoms with Crippen molar-refractivity contribution in [2.24, 2.45) is 0 Å². The molecule has 2 aromatic heterocycles. The molecule has 30 heteroatoms. The first-order chi connectivity index (χ1) is 30.1. The summed E-state index contributed by atoms with van der Waals surface area (Å²) in [5.41, 5.74) is 6.23. The lowest BCUT2D eigenvalue weighted by molar-refractivity contribution is -0.0522.